The van der Waals surface area contributed by atoms with Crippen LogP contribution in [-0.4, -0.2) is 12.5 Å². The van der Waals surface area contributed by atoms with Crippen molar-refractivity contribution in [1.29, 1.82) is 0 Å². The van der Waals surface area contributed by atoms with Gasteiger partial charge in [-0.2, -0.15) is 0 Å². The van der Waals surface area contributed by atoms with Gasteiger partial charge in [0.1, 0.15) is 0 Å². The lowest BCUT2D eigenvalue weighted by molar-refractivity contribution is -0.124. The Morgan fingerprint density at radius 3 is 2.93 bits per heavy atom. The van der Waals surface area contributed by atoms with Crippen LogP contribution in [0, 0.1) is 5.92 Å². The van der Waals surface area contributed by atoms with Gasteiger partial charge in [0.2, 0.25) is 5.91 Å². The second kappa shape index (κ2) is 5.01. The predicted molar refractivity (Wildman–Crippen MR) is 57.4 cm³/mol. The molecule has 3 nitrogen and oxygen atoms in total. The SMILES string of the molecule is O=C(NCCc1ccoc1)C1CCCC1. The molecule has 1 N–H and O–H groups in total. The van der Waals surface area contributed by atoms with Crippen molar-refractivity contribution in [3.8, 4) is 0 Å². The molecule has 1 fully saturated rings. The van der Waals surface area contributed by atoms with Crippen molar-refractivity contribution in [2.24, 2.45) is 5.92 Å². The summed E-state index contributed by atoms with van der Waals surface area (Å²) >= 11 is 0. The largest absolute Gasteiger partial charge is 0.472 e. The Morgan fingerprint density at radius 2 is 2.27 bits per heavy atom. The number of hydrogen-bond donors (Lipinski definition) is 1. The molecule has 2 rings (SSSR count). The molecular formula is C12H17NO2. The van der Waals surface area contributed by atoms with Crippen LogP contribution in [0.3, 0.4) is 0 Å². The first kappa shape index (κ1) is 10.3. The highest BCUT2D eigenvalue weighted by atomic mass is 16.3. The van der Waals surface area contributed by atoms with Crippen molar-refractivity contribution in [1.82, 2.24) is 5.32 Å². The molecule has 0 spiro atoms. The Balaban J connectivity index is 1.67. The van der Waals surface area contributed by atoms with E-state index in [1.807, 2.05) is 6.07 Å². The van der Waals surface area contributed by atoms with Crippen LogP contribution in [-0.2, 0) is 11.2 Å². The van der Waals surface area contributed by atoms with E-state index >= 15 is 0 Å². The molecule has 3 heteroatoms. The standard InChI is InChI=1S/C12H17NO2/c14-12(11-3-1-2-4-11)13-7-5-10-6-8-15-9-10/h6,8-9,11H,1-5,7H2,(H,13,14). The van der Waals surface area contributed by atoms with E-state index in [1.54, 1.807) is 12.5 Å². The molecule has 1 heterocycles. The molecule has 15 heavy (non-hydrogen) atoms. The van der Waals surface area contributed by atoms with E-state index in [2.05, 4.69) is 5.32 Å². The lowest BCUT2D eigenvalue weighted by Crippen LogP contribution is -2.30. The quantitative estimate of drug-likeness (QED) is 0.821. The van der Waals surface area contributed by atoms with E-state index in [4.69, 9.17) is 4.42 Å². The Kier molecular flexibility index (Phi) is 3.43. The van der Waals surface area contributed by atoms with Gasteiger partial charge in [0, 0.05) is 12.5 Å². The summed E-state index contributed by atoms with van der Waals surface area (Å²) in [6, 6.07) is 1.93. The zero-order valence-electron chi connectivity index (χ0n) is 8.87. The zero-order chi connectivity index (χ0) is 10.5. The smallest absolute Gasteiger partial charge is 0.223 e. The van der Waals surface area contributed by atoms with Crippen LogP contribution in [0.1, 0.15) is 31.2 Å². The van der Waals surface area contributed by atoms with Gasteiger partial charge < -0.3 is 9.73 Å². The highest BCUT2D eigenvalue weighted by Crippen LogP contribution is 2.24. The molecule has 0 aliphatic heterocycles. The minimum Gasteiger partial charge on any atom is -0.472 e. The molecule has 1 aromatic heterocycles. The van der Waals surface area contributed by atoms with Crippen LogP contribution in [0.4, 0.5) is 0 Å². The second-order valence-electron chi connectivity index (χ2n) is 4.15. The minimum absolute atomic E-state index is 0.232. The van der Waals surface area contributed by atoms with E-state index < -0.39 is 0 Å². The Labute approximate surface area is 89.9 Å². The van der Waals surface area contributed by atoms with Crippen LogP contribution in [0.15, 0.2) is 23.0 Å². The van der Waals surface area contributed by atoms with Crippen molar-refractivity contribution >= 4 is 5.91 Å². The molecule has 1 amide bonds. The lowest BCUT2D eigenvalue weighted by Gasteiger charge is -2.09. The Bertz CT molecular complexity index is 299. The fourth-order valence-corrected chi connectivity index (χ4v) is 2.10. The lowest BCUT2D eigenvalue weighted by atomic mass is 10.1. The molecule has 0 atom stereocenters. The van der Waals surface area contributed by atoms with Gasteiger partial charge >= 0.3 is 0 Å². The summed E-state index contributed by atoms with van der Waals surface area (Å²) in [4.78, 5) is 11.6. The maximum Gasteiger partial charge on any atom is 0.223 e. The number of carbonyl (C=O) groups excluding carboxylic acids is 1. The molecule has 0 saturated heterocycles. The first-order valence-electron chi connectivity index (χ1n) is 5.65. The third-order valence-electron chi connectivity index (χ3n) is 3.02. The molecule has 1 aliphatic rings. The van der Waals surface area contributed by atoms with E-state index in [0.717, 1.165) is 31.4 Å². The first-order chi connectivity index (χ1) is 7.36. The summed E-state index contributed by atoms with van der Waals surface area (Å²) in [7, 11) is 0. The highest BCUT2D eigenvalue weighted by molar-refractivity contribution is 5.78. The molecular weight excluding hydrogens is 190 g/mol. The van der Waals surface area contributed by atoms with Crippen LogP contribution in [0.2, 0.25) is 0 Å². The summed E-state index contributed by atoms with van der Waals surface area (Å²) in [5, 5.41) is 2.98. The predicted octanol–water partition coefficient (Wildman–Crippen LogP) is 2.13. The fraction of sp³-hybridized carbons (Fsp3) is 0.583. The second-order valence-corrected chi connectivity index (χ2v) is 4.15. The van der Waals surface area contributed by atoms with Gasteiger partial charge in [-0.25, -0.2) is 0 Å². The third kappa shape index (κ3) is 2.85. The van der Waals surface area contributed by atoms with Crippen LogP contribution in [0.25, 0.3) is 0 Å². The van der Waals surface area contributed by atoms with Gasteiger partial charge in [0.25, 0.3) is 0 Å². The summed E-state index contributed by atoms with van der Waals surface area (Å²) in [5.74, 6) is 0.505. The molecule has 0 radical (unpaired) electrons. The number of hydrogen-bond acceptors (Lipinski definition) is 2. The monoisotopic (exact) mass is 207 g/mol. The Hall–Kier alpha value is -1.25. The van der Waals surface area contributed by atoms with Gasteiger partial charge in [-0.05, 0) is 30.9 Å². The van der Waals surface area contributed by atoms with Crippen molar-refractivity contribution < 1.29 is 9.21 Å². The number of rotatable bonds is 4. The minimum atomic E-state index is 0.232. The number of nitrogens with one attached hydrogen (secondary N) is 1. The van der Waals surface area contributed by atoms with Gasteiger partial charge in [-0.15, -0.1) is 0 Å². The average molecular weight is 207 g/mol. The van der Waals surface area contributed by atoms with E-state index in [0.29, 0.717) is 0 Å². The van der Waals surface area contributed by atoms with Crippen LogP contribution < -0.4 is 5.32 Å². The third-order valence-corrected chi connectivity index (χ3v) is 3.02. The van der Waals surface area contributed by atoms with Gasteiger partial charge in [-0.1, -0.05) is 12.8 Å². The Morgan fingerprint density at radius 1 is 1.47 bits per heavy atom. The molecule has 1 aliphatic carbocycles. The molecule has 0 aromatic carbocycles. The molecule has 1 aromatic rings. The van der Waals surface area contributed by atoms with Crippen molar-refractivity contribution in [2.75, 3.05) is 6.54 Å². The first-order valence-corrected chi connectivity index (χ1v) is 5.65. The van der Waals surface area contributed by atoms with Crippen molar-refractivity contribution in [3.63, 3.8) is 0 Å². The van der Waals surface area contributed by atoms with Gasteiger partial charge in [0.15, 0.2) is 0 Å². The van der Waals surface area contributed by atoms with E-state index in [-0.39, 0.29) is 11.8 Å². The molecule has 1 saturated carbocycles. The van der Waals surface area contributed by atoms with Gasteiger partial charge in [0.05, 0.1) is 12.5 Å². The number of furan rings is 1. The molecule has 0 unspecified atom stereocenters. The number of amides is 1. The highest BCUT2D eigenvalue weighted by Gasteiger charge is 2.21. The van der Waals surface area contributed by atoms with Gasteiger partial charge in [-0.3, -0.25) is 4.79 Å². The zero-order valence-corrected chi connectivity index (χ0v) is 8.87. The van der Waals surface area contributed by atoms with E-state index in [9.17, 15) is 4.79 Å². The van der Waals surface area contributed by atoms with Crippen molar-refractivity contribution in [3.05, 3.63) is 24.2 Å². The van der Waals surface area contributed by atoms with Crippen LogP contribution >= 0.6 is 0 Å². The summed E-state index contributed by atoms with van der Waals surface area (Å²) in [6.45, 7) is 0.717. The molecule has 82 valence electrons. The van der Waals surface area contributed by atoms with E-state index in [1.165, 1.54) is 12.8 Å². The maximum absolute atomic E-state index is 11.6. The number of carbonyl (C=O) groups is 1. The maximum atomic E-state index is 11.6. The normalized spacial score (nSPS) is 16.8. The van der Waals surface area contributed by atoms with Crippen LogP contribution in [0.5, 0.6) is 0 Å². The summed E-state index contributed by atoms with van der Waals surface area (Å²) in [6.07, 6.45) is 8.79. The fourth-order valence-electron chi connectivity index (χ4n) is 2.10. The molecule has 0 bridgehead atoms. The summed E-state index contributed by atoms with van der Waals surface area (Å²) < 4.78 is 4.96. The van der Waals surface area contributed by atoms with Crippen molar-refractivity contribution in [2.45, 2.75) is 32.1 Å². The average Bonchev–Trinajstić information content (AvgIpc) is 2.90. The summed E-state index contributed by atoms with van der Waals surface area (Å²) in [5.41, 5.74) is 1.14. The topological polar surface area (TPSA) is 42.2 Å².